The Hall–Kier alpha value is -2.72. The van der Waals surface area contributed by atoms with Gasteiger partial charge in [0.15, 0.2) is 11.5 Å². The molecular weight excluding hydrogens is 204 g/mol. The highest BCUT2D eigenvalue weighted by atomic mass is 16.5. The normalized spacial score (nSPS) is 9.12. The van der Waals surface area contributed by atoms with Gasteiger partial charge >= 0.3 is 0 Å². The molecule has 4 heteroatoms. The molecule has 0 bridgehead atoms. The van der Waals surface area contributed by atoms with Crippen LogP contribution in [0, 0.1) is 23.0 Å². The van der Waals surface area contributed by atoms with Crippen LogP contribution in [0.2, 0.25) is 0 Å². The van der Waals surface area contributed by atoms with Crippen LogP contribution in [0.15, 0.2) is 36.4 Å². The van der Waals surface area contributed by atoms with Gasteiger partial charge in [0.05, 0.1) is 0 Å². The van der Waals surface area contributed by atoms with Gasteiger partial charge in [-0.1, -0.05) is 24.3 Å². The summed E-state index contributed by atoms with van der Waals surface area (Å²) in [5.41, 5.74) is 0. The lowest BCUT2D eigenvalue weighted by Gasteiger charge is -2.04. The van der Waals surface area contributed by atoms with E-state index in [1.807, 2.05) is 24.3 Å². The number of hydrogen-bond donors (Lipinski definition) is 0. The van der Waals surface area contributed by atoms with Gasteiger partial charge in [-0.3, -0.25) is 0 Å². The zero-order chi connectivity index (χ0) is 11.4. The molecule has 0 N–H and O–H groups in total. The van der Waals surface area contributed by atoms with Crippen molar-refractivity contribution in [3.8, 4) is 24.0 Å². The summed E-state index contributed by atoms with van der Waals surface area (Å²) in [4.78, 5) is 0. The fraction of sp³-hybridized carbons (Fsp3) is 0. The van der Waals surface area contributed by atoms with Crippen LogP contribution < -0.4 is 9.47 Å². The van der Waals surface area contributed by atoms with Gasteiger partial charge in [0.1, 0.15) is 0 Å². The number of benzene rings is 2. The topological polar surface area (TPSA) is 66.0 Å². The first-order chi connectivity index (χ1) is 7.85. The van der Waals surface area contributed by atoms with Crippen molar-refractivity contribution < 1.29 is 9.47 Å². The Kier molecular flexibility index (Phi) is 2.58. The minimum Gasteiger partial charge on any atom is -0.384 e. The van der Waals surface area contributed by atoms with Crippen LogP contribution in [0.3, 0.4) is 0 Å². The number of ether oxygens (including phenoxy) is 2. The first kappa shape index (κ1) is 9.82. The van der Waals surface area contributed by atoms with E-state index in [9.17, 15) is 0 Å². The van der Waals surface area contributed by atoms with Crippen molar-refractivity contribution >= 4 is 10.8 Å². The number of rotatable bonds is 2. The third kappa shape index (κ3) is 1.73. The zero-order valence-electron chi connectivity index (χ0n) is 8.18. The van der Waals surface area contributed by atoms with E-state index in [-0.39, 0.29) is 11.5 Å². The van der Waals surface area contributed by atoms with E-state index in [0.717, 1.165) is 10.8 Å². The number of hydrogen-bond acceptors (Lipinski definition) is 4. The third-order valence-electron chi connectivity index (χ3n) is 2.12. The maximum atomic E-state index is 8.47. The smallest absolute Gasteiger partial charge is 0.292 e. The molecule has 0 unspecified atom stereocenters. The van der Waals surface area contributed by atoms with E-state index in [1.54, 1.807) is 24.6 Å². The van der Waals surface area contributed by atoms with E-state index >= 15 is 0 Å². The molecule has 0 aliphatic rings. The maximum Gasteiger partial charge on any atom is 0.292 e. The van der Waals surface area contributed by atoms with E-state index in [2.05, 4.69) is 0 Å². The molecule has 76 valence electrons. The van der Waals surface area contributed by atoms with E-state index in [4.69, 9.17) is 20.0 Å². The van der Waals surface area contributed by atoms with Crippen molar-refractivity contribution in [1.29, 1.82) is 10.5 Å². The van der Waals surface area contributed by atoms with Crippen LogP contribution in [0.4, 0.5) is 0 Å². The molecule has 4 nitrogen and oxygen atoms in total. The summed E-state index contributed by atoms with van der Waals surface area (Å²) in [7, 11) is 0. The molecule has 0 amide bonds. The first-order valence-electron chi connectivity index (χ1n) is 4.50. The van der Waals surface area contributed by atoms with Crippen molar-refractivity contribution in [3.05, 3.63) is 36.4 Å². The number of nitrogens with zero attached hydrogens (tertiary/aromatic N) is 2. The largest absolute Gasteiger partial charge is 0.384 e. The summed E-state index contributed by atoms with van der Waals surface area (Å²) in [5, 5.41) is 18.8. The Morgan fingerprint density at radius 1 is 0.812 bits per heavy atom. The minimum absolute atomic E-state index is 0.239. The molecular formula is C12H6N2O2. The summed E-state index contributed by atoms with van der Waals surface area (Å²) >= 11 is 0. The van der Waals surface area contributed by atoms with Gasteiger partial charge in [-0.05, 0) is 22.9 Å². The van der Waals surface area contributed by atoms with Gasteiger partial charge in [0, 0.05) is 0 Å². The van der Waals surface area contributed by atoms with Crippen LogP contribution in [0.5, 0.6) is 11.5 Å². The average molecular weight is 210 g/mol. The first-order valence-corrected chi connectivity index (χ1v) is 4.50. The second kappa shape index (κ2) is 4.20. The second-order valence-corrected chi connectivity index (χ2v) is 3.03. The quantitative estimate of drug-likeness (QED) is 0.714. The fourth-order valence-corrected chi connectivity index (χ4v) is 1.46. The van der Waals surface area contributed by atoms with Gasteiger partial charge in [0.25, 0.3) is 12.5 Å². The number of nitriles is 2. The molecule has 0 atom stereocenters. The van der Waals surface area contributed by atoms with Gasteiger partial charge in [-0.25, -0.2) is 0 Å². The predicted octanol–water partition coefficient (Wildman–Crippen LogP) is 2.56. The molecule has 0 aromatic heterocycles. The van der Waals surface area contributed by atoms with E-state index in [1.165, 1.54) is 0 Å². The molecule has 16 heavy (non-hydrogen) atoms. The van der Waals surface area contributed by atoms with Crippen molar-refractivity contribution in [1.82, 2.24) is 0 Å². The number of fused-ring (bicyclic) bond motifs is 1. The Balaban J connectivity index is 2.63. The molecule has 2 aromatic carbocycles. The molecule has 2 aromatic rings. The summed E-state index contributed by atoms with van der Waals surface area (Å²) in [6.45, 7) is 0. The van der Waals surface area contributed by atoms with Gasteiger partial charge in [-0.15, -0.1) is 10.5 Å². The SMILES string of the molecule is N#COc1cc2ccccc2cc1OC#N. The van der Waals surface area contributed by atoms with E-state index < -0.39 is 0 Å². The van der Waals surface area contributed by atoms with Crippen LogP contribution >= 0.6 is 0 Å². The standard InChI is InChI=1S/C12H6N2O2/c13-7-15-11-5-9-3-1-2-4-10(9)6-12(11)16-8-14/h1-6H. The van der Waals surface area contributed by atoms with Crippen molar-refractivity contribution in [2.24, 2.45) is 0 Å². The summed E-state index contributed by atoms with van der Waals surface area (Å²) in [6, 6.07) is 10.8. The summed E-state index contributed by atoms with van der Waals surface area (Å²) < 4.78 is 9.45. The highest BCUT2D eigenvalue weighted by Gasteiger charge is 2.07. The molecule has 0 heterocycles. The lowest BCUT2D eigenvalue weighted by Crippen LogP contribution is -1.89. The molecule has 0 spiro atoms. The monoisotopic (exact) mass is 210 g/mol. The summed E-state index contributed by atoms with van der Waals surface area (Å²) in [6.07, 6.45) is 3.12. The molecule has 0 saturated carbocycles. The third-order valence-corrected chi connectivity index (χ3v) is 2.12. The molecule has 0 aliphatic carbocycles. The maximum absolute atomic E-state index is 8.47. The minimum atomic E-state index is 0.239. The lowest BCUT2D eigenvalue weighted by atomic mass is 10.1. The summed E-state index contributed by atoms with van der Waals surface area (Å²) in [5.74, 6) is 0.477. The average Bonchev–Trinajstić information content (AvgIpc) is 2.30. The second-order valence-electron chi connectivity index (χ2n) is 3.03. The Bertz CT molecular complexity index is 554. The molecule has 0 fully saturated rings. The molecule has 2 rings (SSSR count). The van der Waals surface area contributed by atoms with Gasteiger partial charge in [0.2, 0.25) is 0 Å². The van der Waals surface area contributed by atoms with Crippen molar-refractivity contribution in [3.63, 3.8) is 0 Å². The Labute approximate surface area is 91.9 Å². The molecule has 0 saturated heterocycles. The fourth-order valence-electron chi connectivity index (χ4n) is 1.46. The molecule has 0 radical (unpaired) electrons. The zero-order valence-corrected chi connectivity index (χ0v) is 8.18. The van der Waals surface area contributed by atoms with Crippen LogP contribution in [0.25, 0.3) is 10.8 Å². The van der Waals surface area contributed by atoms with Crippen LogP contribution in [-0.2, 0) is 0 Å². The molecule has 0 aliphatic heterocycles. The lowest BCUT2D eigenvalue weighted by molar-refractivity contribution is 0.442. The Morgan fingerprint density at radius 2 is 1.25 bits per heavy atom. The van der Waals surface area contributed by atoms with Crippen LogP contribution in [0.1, 0.15) is 0 Å². The van der Waals surface area contributed by atoms with Crippen molar-refractivity contribution in [2.45, 2.75) is 0 Å². The highest BCUT2D eigenvalue weighted by Crippen LogP contribution is 2.32. The highest BCUT2D eigenvalue weighted by molar-refractivity contribution is 5.86. The predicted molar refractivity (Wildman–Crippen MR) is 56.4 cm³/mol. The Morgan fingerprint density at radius 3 is 1.62 bits per heavy atom. The van der Waals surface area contributed by atoms with Crippen LogP contribution in [-0.4, -0.2) is 0 Å². The van der Waals surface area contributed by atoms with E-state index in [0.29, 0.717) is 0 Å². The van der Waals surface area contributed by atoms with Crippen molar-refractivity contribution in [2.75, 3.05) is 0 Å². The van der Waals surface area contributed by atoms with Gasteiger partial charge < -0.3 is 9.47 Å². The van der Waals surface area contributed by atoms with Gasteiger partial charge in [-0.2, -0.15) is 0 Å².